The van der Waals surface area contributed by atoms with Crippen molar-refractivity contribution in [1.82, 2.24) is 10.3 Å². The molecule has 3 aromatic rings. The molecule has 0 aliphatic carbocycles. The van der Waals surface area contributed by atoms with Crippen molar-refractivity contribution >= 4 is 17.3 Å². The van der Waals surface area contributed by atoms with Crippen LogP contribution < -0.4 is 15.1 Å². The van der Waals surface area contributed by atoms with Gasteiger partial charge in [-0.25, -0.2) is 9.37 Å². The first kappa shape index (κ1) is 18.9. The molecule has 2 heterocycles. The molecule has 0 spiro atoms. The summed E-state index contributed by atoms with van der Waals surface area (Å²) in [5.41, 5.74) is 3.03. The SMILES string of the molecule is O=C(NCc1ccccc1F)c1ccc(N2CCN(c3ccccc3)CC2)cn1. The van der Waals surface area contributed by atoms with Gasteiger partial charge < -0.3 is 15.1 Å². The molecule has 0 unspecified atom stereocenters. The van der Waals surface area contributed by atoms with E-state index >= 15 is 0 Å². The third-order valence-corrected chi connectivity index (χ3v) is 5.14. The number of nitrogens with zero attached hydrogens (tertiary/aromatic N) is 3. The van der Waals surface area contributed by atoms with Crippen LogP contribution in [0.1, 0.15) is 16.1 Å². The van der Waals surface area contributed by atoms with Gasteiger partial charge in [0.15, 0.2) is 0 Å². The van der Waals surface area contributed by atoms with E-state index in [1.165, 1.54) is 11.8 Å². The van der Waals surface area contributed by atoms with Crippen molar-refractivity contribution in [2.24, 2.45) is 0 Å². The third kappa shape index (κ3) is 4.54. The molecule has 5 nitrogen and oxygen atoms in total. The lowest BCUT2D eigenvalue weighted by atomic mass is 10.2. The summed E-state index contributed by atoms with van der Waals surface area (Å²) in [4.78, 5) is 21.2. The largest absolute Gasteiger partial charge is 0.368 e. The molecule has 2 aromatic carbocycles. The zero-order chi connectivity index (χ0) is 20.1. The standard InChI is InChI=1S/C23H23FN4O/c24-21-9-5-4-6-18(21)16-26-23(29)22-11-10-20(17-25-22)28-14-12-27(13-15-28)19-7-2-1-3-8-19/h1-11,17H,12-16H2,(H,26,29). The van der Waals surface area contributed by atoms with Crippen LogP contribution >= 0.6 is 0 Å². The van der Waals surface area contributed by atoms with Crippen molar-refractivity contribution in [2.45, 2.75) is 6.54 Å². The van der Waals surface area contributed by atoms with Gasteiger partial charge in [0.2, 0.25) is 0 Å². The summed E-state index contributed by atoms with van der Waals surface area (Å²) in [6.45, 7) is 3.81. The van der Waals surface area contributed by atoms with Gasteiger partial charge in [0, 0.05) is 44.0 Å². The summed E-state index contributed by atoms with van der Waals surface area (Å²) in [6, 6.07) is 20.4. The average molecular weight is 390 g/mol. The van der Waals surface area contributed by atoms with Gasteiger partial charge in [-0.3, -0.25) is 4.79 Å². The molecular weight excluding hydrogens is 367 g/mol. The van der Waals surface area contributed by atoms with E-state index in [0.29, 0.717) is 11.3 Å². The van der Waals surface area contributed by atoms with Crippen molar-refractivity contribution in [2.75, 3.05) is 36.0 Å². The zero-order valence-electron chi connectivity index (χ0n) is 16.1. The van der Waals surface area contributed by atoms with E-state index in [-0.39, 0.29) is 18.3 Å². The number of amides is 1. The van der Waals surface area contributed by atoms with E-state index in [9.17, 15) is 9.18 Å². The smallest absolute Gasteiger partial charge is 0.270 e. The maximum Gasteiger partial charge on any atom is 0.270 e. The highest BCUT2D eigenvalue weighted by Crippen LogP contribution is 2.20. The Bertz CT molecular complexity index is 954. The van der Waals surface area contributed by atoms with E-state index in [2.05, 4.69) is 44.4 Å². The van der Waals surface area contributed by atoms with Crippen LogP contribution in [-0.2, 0) is 6.54 Å². The number of para-hydroxylation sites is 1. The number of rotatable bonds is 5. The Hall–Kier alpha value is -3.41. The first-order valence-corrected chi connectivity index (χ1v) is 9.73. The van der Waals surface area contributed by atoms with E-state index in [1.807, 2.05) is 12.1 Å². The van der Waals surface area contributed by atoms with Crippen molar-refractivity contribution in [3.05, 3.63) is 90.0 Å². The fraction of sp³-hybridized carbons (Fsp3) is 0.217. The fourth-order valence-electron chi connectivity index (χ4n) is 3.48. The van der Waals surface area contributed by atoms with Crippen LogP contribution in [0, 0.1) is 5.82 Å². The van der Waals surface area contributed by atoms with Crippen molar-refractivity contribution in [3.8, 4) is 0 Å². The van der Waals surface area contributed by atoms with Crippen LogP contribution in [0.4, 0.5) is 15.8 Å². The highest BCUT2D eigenvalue weighted by Gasteiger charge is 2.18. The topological polar surface area (TPSA) is 48.5 Å². The van der Waals surface area contributed by atoms with Crippen LogP contribution in [0.5, 0.6) is 0 Å². The van der Waals surface area contributed by atoms with Crippen LogP contribution in [0.15, 0.2) is 72.9 Å². The zero-order valence-corrected chi connectivity index (χ0v) is 16.1. The van der Waals surface area contributed by atoms with Gasteiger partial charge in [-0.05, 0) is 30.3 Å². The van der Waals surface area contributed by atoms with E-state index in [4.69, 9.17) is 0 Å². The number of aromatic nitrogens is 1. The summed E-state index contributed by atoms with van der Waals surface area (Å²) in [5.74, 6) is -0.639. The fourth-order valence-corrected chi connectivity index (χ4v) is 3.48. The van der Waals surface area contributed by atoms with Gasteiger partial charge in [0.1, 0.15) is 11.5 Å². The number of carbonyl (C=O) groups is 1. The molecule has 0 bridgehead atoms. The number of pyridine rings is 1. The molecule has 1 aromatic heterocycles. The molecule has 0 atom stereocenters. The van der Waals surface area contributed by atoms with Gasteiger partial charge >= 0.3 is 0 Å². The first-order valence-electron chi connectivity index (χ1n) is 9.73. The van der Waals surface area contributed by atoms with Gasteiger partial charge in [-0.2, -0.15) is 0 Å². The highest BCUT2D eigenvalue weighted by atomic mass is 19.1. The molecule has 1 aliphatic heterocycles. The Labute approximate surface area is 169 Å². The Morgan fingerprint density at radius 2 is 1.52 bits per heavy atom. The minimum Gasteiger partial charge on any atom is -0.368 e. The number of hydrogen-bond acceptors (Lipinski definition) is 4. The van der Waals surface area contributed by atoms with Crippen LogP contribution in [0.2, 0.25) is 0 Å². The normalized spacial score (nSPS) is 14.0. The third-order valence-electron chi connectivity index (χ3n) is 5.14. The Morgan fingerprint density at radius 3 is 2.17 bits per heavy atom. The molecule has 6 heteroatoms. The second-order valence-electron chi connectivity index (χ2n) is 6.99. The molecule has 148 valence electrons. The number of piperazine rings is 1. The van der Waals surface area contributed by atoms with E-state index < -0.39 is 0 Å². The number of benzene rings is 2. The minimum atomic E-state index is -0.328. The Morgan fingerprint density at radius 1 is 0.862 bits per heavy atom. The van der Waals surface area contributed by atoms with Crippen LogP contribution in [0.3, 0.4) is 0 Å². The average Bonchev–Trinajstić information content (AvgIpc) is 2.79. The lowest BCUT2D eigenvalue weighted by molar-refractivity contribution is 0.0945. The summed E-state index contributed by atoms with van der Waals surface area (Å²) >= 11 is 0. The van der Waals surface area contributed by atoms with Gasteiger partial charge in [0.05, 0.1) is 11.9 Å². The van der Waals surface area contributed by atoms with Crippen molar-refractivity contribution in [3.63, 3.8) is 0 Å². The first-order chi connectivity index (χ1) is 14.2. The van der Waals surface area contributed by atoms with Crippen molar-refractivity contribution < 1.29 is 9.18 Å². The monoisotopic (exact) mass is 390 g/mol. The van der Waals surface area contributed by atoms with Crippen LogP contribution in [0.25, 0.3) is 0 Å². The minimum absolute atomic E-state index is 0.135. The van der Waals surface area contributed by atoms with Crippen LogP contribution in [-0.4, -0.2) is 37.1 Å². The molecule has 29 heavy (non-hydrogen) atoms. The Balaban J connectivity index is 1.32. The summed E-state index contributed by atoms with van der Waals surface area (Å²) < 4.78 is 13.7. The number of carbonyl (C=O) groups excluding carboxylic acids is 1. The number of hydrogen-bond donors (Lipinski definition) is 1. The van der Waals surface area contributed by atoms with Gasteiger partial charge in [-0.15, -0.1) is 0 Å². The number of anilines is 2. The summed E-state index contributed by atoms with van der Waals surface area (Å²) in [7, 11) is 0. The summed E-state index contributed by atoms with van der Waals surface area (Å²) in [5, 5.41) is 2.72. The molecule has 0 radical (unpaired) electrons. The molecule has 1 amide bonds. The molecular formula is C23H23FN4O. The molecule has 1 aliphatic rings. The van der Waals surface area contributed by atoms with E-state index in [1.54, 1.807) is 30.5 Å². The lowest BCUT2D eigenvalue weighted by Crippen LogP contribution is -2.46. The van der Waals surface area contributed by atoms with E-state index in [0.717, 1.165) is 31.9 Å². The molecule has 1 saturated heterocycles. The molecule has 0 saturated carbocycles. The van der Waals surface area contributed by atoms with Crippen molar-refractivity contribution in [1.29, 1.82) is 0 Å². The predicted octanol–water partition coefficient (Wildman–Crippen LogP) is 3.48. The maximum atomic E-state index is 13.7. The maximum absolute atomic E-state index is 13.7. The second kappa shape index (κ2) is 8.73. The molecule has 4 rings (SSSR count). The highest BCUT2D eigenvalue weighted by molar-refractivity contribution is 5.92. The predicted molar refractivity (Wildman–Crippen MR) is 113 cm³/mol. The Kier molecular flexibility index (Phi) is 5.70. The molecule has 1 fully saturated rings. The second-order valence-corrected chi connectivity index (χ2v) is 6.99. The quantitative estimate of drug-likeness (QED) is 0.725. The summed E-state index contributed by atoms with van der Waals surface area (Å²) in [6.07, 6.45) is 1.73. The molecule has 1 N–H and O–H groups in total. The lowest BCUT2D eigenvalue weighted by Gasteiger charge is -2.37. The van der Waals surface area contributed by atoms with Gasteiger partial charge in [-0.1, -0.05) is 36.4 Å². The van der Waals surface area contributed by atoms with Gasteiger partial charge in [0.25, 0.3) is 5.91 Å². The number of nitrogens with one attached hydrogen (secondary N) is 1. The number of halogens is 1.